The van der Waals surface area contributed by atoms with Gasteiger partial charge in [-0.3, -0.25) is 9.48 Å². The van der Waals surface area contributed by atoms with E-state index in [1.54, 1.807) is 10.9 Å². The minimum atomic E-state index is -2.29. The van der Waals surface area contributed by atoms with E-state index in [0.29, 0.717) is 5.69 Å². The predicted molar refractivity (Wildman–Crippen MR) is 99.3 cm³/mol. The zero-order valence-corrected chi connectivity index (χ0v) is 16.1. The van der Waals surface area contributed by atoms with Crippen LogP contribution in [0.3, 0.4) is 0 Å². The molecule has 8 nitrogen and oxygen atoms in total. The van der Waals surface area contributed by atoms with Gasteiger partial charge < -0.3 is 20.1 Å². The van der Waals surface area contributed by atoms with Gasteiger partial charge in [0.1, 0.15) is 5.82 Å². The predicted octanol–water partition coefficient (Wildman–Crippen LogP) is 2.61. The van der Waals surface area contributed by atoms with Gasteiger partial charge in [0.2, 0.25) is 0 Å². The molecule has 0 radical (unpaired) electrons. The number of aliphatic hydroxyl groups is 1. The SMILES string of the molecule is CC(C)n1cc(N2CC[C@@](O)(OC(=O)NCc3cccc(Cl)c3F)C2=O)cn1. The minimum absolute atomic E-state index is 0.0742. The third-order valence-electron chi connectivity index (χ3n) is 4.40. The van der Waals surface area contributed by atoms with E-state index in [1.165, 1.54) is 29.3 Å². The van der Waals surface area contributed by atoms with Crippen LogP contribution in [0, 0.1) is 5.82 Å². The molecule has 2 N–H and O–H groups in total. The fraction of sp³-hybridized carbons (Fsp3) is 0.389. The topological polar surface area (TPSA) is 96.7 Å². The summed E-state index contributed by atoms with van der Waals surface area (Å²) in [7, 11) is 0. The van der Waals surface area contributed by atoms with E-state index in [9.17, 15) is 19.1 Å². The molecule has 2 amide bonds. The molecule has 1 fully saturated rings. The highest BCUT2D eigenvalue weighted by Crippen LogP contribution is 2.29. The van der Waals surface area contributed by atoms with Gasteiger partial charge in [-0.25, -0.2) is 9.18 Å². The van der Waals surface area contributed by atoms with Crippen LogP contribution in [0.4, 0.5) is 14.9 Å². The number of amides is 2. The van der Waals surface area contributed by atoms with Crippen molar-refractivity contribution in [2.24, 2.45) is 0 Å². The van der Waals surface area contributed by atoms with Crippen LogP contribution in [0.5, 0.6) is 0 Å². The molecule has 2 aromatic rings. The summed E-state index contributed by atoms with van der Waals surface area (Å²) in [5.74, 6) is -3.72. The van der Waals surface area contributed by atoms with Gasteiger partial charge in [0.05, 0.1) is 16.9 Å². The van der Waals surface area contributed by atoms with Gasteiger partial charge in [0.25, 0.3) is 11.7 Å². The van der Waals surface area contributed by atoms with Crippen LogP contribution in [0.25, 0.3) is 0 Å². The van der Waals surface area contributed by atoms with Gasteiger partial charge in [-0.15, -0.1) is 0 Å². The van der Waals surface area contributed by atoms with Crippen molar-refractivity contribution in [2.45, 2.75) is 38.6 Å². The molecule has 0 saturated carbocycles. The number of nitrogens with one attached hydrogen (secondary N) is 1. The number of hydrogen-bond donors (Lipinski definition) is 2. The average Bonchev–Trinajstić information content (AvgIpc) is 3.22. The number of anilines is 1. The number of ether oxygens (including phenoxy) is 1. The van der Waals surface area contributed by atoms with Crippen molar-refractivity contribution in [3.63, 3.8) is 0 Å². The van der Waals surface area contributed by atoms with Gasteiger partial charge in [-0.2, -0.15) is 5.10 Å². The molecule has 3 rings (SSSR count). The maximum atomic E-state index is 13.8. The van der Waals surface area contributed by atoms with Gasteiger partial charge >= 0.3 is 6.09 Å². The molecule has 2 heterocycles. The van der Waals surface area contributed by atoms with E-state index >= 15 is 0 Å². The number of benzene rings is 1. The Morgan fingerprint density at radius 2 is 2.25 bits per heavy atom. The molecule has 150 valence electrons. The Kier molecular flexibility index (Phi) is 5.57. The Balaban J connectivity index is 1.62. The first-order valence-corrected chi connectivity index (χ1v) is 9.07. The molecule has 28 heavy (non-hydrogen) atoms. The second-order valence-electron chi connectivity index (χ2n) is 6.72. The lowest BCUT2D eigenvalue weighted by Crippen LogP contribution is -2.46. The second-order valence-corrected chi connectivity index (χ2v) is 7.13. The van der Waals surface area contributed by atoms with Crippen molar-refractivity contribution in [1.82, 2.24) is 15.1 Å². The Labute approximate surface area is 165 Å². The second kappa shape index (κ2) is 7.76. The fourth-order valence-electron chi connectivity index (χ4n) is 2.82. The molecule has 1 atom stereocenters. The highest BCUT2D eigenvalue weighted by atomic mass is 35.5. The molecular formula is C18H20ClFN4O4. The number of halogens is 2. The summed E-state index contributed by atoms with van der Waals surface area (Å²) in [6.07, 6.45) is 2.04. The highest BCUT2D eigenvalue weighted by Gasteiger charge is 2.50. The van der Waals surface area contributed by atoms with Gasteiger partial charge in [0, 0.05) is 37.3 Å². The third kappa shape index (κ3) is 3.95. The van der Waals surface area contributed by atoms with Crippen molar-refractivity contribution >= 4 is 29.3 Å². The van der Waals surface area contributed by atoms with Crippen molar-refractivity contribution in [3.05, 3.63) is 47.0 Å². The fourth-order valence-corrected chi connectivity index (χ4v) is 3.01. The lowest BCUT2D eigenvalue weighted by Gasteiger charge is -2.22. The summed E-state index contributed by atoms with van der Waals surface area (Å²) in [4.78, 5) is 25.9. The minimum Gasteiger partial charge on any atom is -0.407 e. The van der Waals surface area contributed by atoms with Crippen LogP contribution in [0.15, 0.2) is 30.6 Å². The maximum absolute atomic E-state index is 13.8. The summed E-state index contributed by atoms with van der Waals surface area (Å²) >= 11 is 5.69. The van der Waals surface area contributed by atoms with Crippen LogP contribution in [0.1, 0.15) is 31.9 Å². The van der Waals surface area contributed by atoms with Crippen LogP contribution >= 0.6 is 11.6 Å². The van der Waals surface area contributed by atoms with Crippen LogP contribution < -0.4 is 10.2 Å². The van der Waals surface area contributed by atoms with Crippen LogP contribution in [0.2, 0.25) is 5.02 Å². The van der Waals surface area contributed by atoms with Crippen molar-refractivity contribution in [2.75, 3.05) is 11.4 Å². The summed E-state index contributed by atoms with van der Waals surface area (Å²) in [6.45, 7) is 3.83. The number of alkyl carbamates (subject to hydrolysis) is 1. The first kappa shape index (κ1) is 20.1. The lowest BCUT2D eigenvalue weighted by atomic mass is 10.2. The van der Waals surface area contributed by atoms with Crippen LogP contribution in [-0.2, 0) is 16.1 Å². The molecule has 1 aliphatic heterocycles. The zero-order chi connectivity index (χ0) is 20.5. The molecule has 1 saturated heterocycles. The van der Waals surface area contributed by atoms with E-state index < -0.39 is 23.6 Å². The zero-order valence-electron chi connectivity index (χ0n) is 15.4. The number of carbonyl (C=O) groups is 2. The molecular weight excluding hydrogens is 391 g/mol. The first-order valence-electron chi connectivity index (χ1n) is 8.69. The number of rotatable bonds is 5. The average molecular weight is 411 g/mol. The molecule has 10 heteroatoms. The van der Waals surface area contributed by atoms with E-state index in [4.69, 9.17) is 16.3 Å². The molecule has 1 aromatic heterocycles. The van der Waals surface area contributed by atoms with E-state index in [1.807, 2.05) is 13.8 Å². The summed E-state index contributed by atoms with van der Waals surface area (Å²) in [6, 6.07) is 4.48. The Morgan fingerprint density at radius 3 is 2.93 bits per heavy atom. The van der Waals surface area contributed by atoms with Crippen LogP contribution in [-0.4, -0.2) is 39.2 Å². The Bertz CT molecular complexity index is 903. The van der Waals surface area contributed by atoms with Gasteiger partial charge in [0.15, 0.2) is 0 Å². The van der Waals surface area contributed by atoms with Crippen molar-refractivity contribution in [3.8, 4) is 0 Å². The largest absolute Gasteiger partial charge is 0.410 e. The number of nitrogens with zero attached hydrogens (tertiary/aromatic N) is 3. The molecule has 0 aliphatic carbocycles. The van der Waals surface area contributed by atoms with E-state index in [2.05, 4.69) is 10.4 Å². The Hall–Kier alpha value is -2.65. The Morgan fingerprint density at radius 1 is 1.50 bits per heavy atom. The van der Waals surface area contributed by atoms with E-state index in [-0.39, 0.29) is 36.1 Å². The molecule has 0 unspecified atom stereocenters. The normalized spacial score (nSPS) is 19.4. The monoisotopic (exact) mass is 410 g/mol. The molecule has 1 aromatic carbocycles. The van der Waals surface area contributed by atoms with Gasteiger partial charge in [-0.1, -0.05) is 23.7 Å². The highest BCUT2D eigenvalue weighted by molar-refractivity contribution is 6.30. The number of aromatic nitrogens is 2. The van der Waals surface area contributed by atoms with Gasteiger partial charge in [-0.05, 0) is 19.9 Å². The number of hydrogen-bond acceptors (Lipinski definition) is 5. The lowest BCUT2D eigenvalue weighted by molar-refractivity contribution is -0.175. The molecule has 0 bridgehead atoms. The first-order chi connectivity index (χ1) is 13.2. The number of carbonyl (C=O) groups excluding carboxylic acids is 2. The third-order valence-corrected chi connectivity index (χ3v) is 4.69. The maximum Gasteiger partial charge on any atom is 0.410 e. The summed E-state index contributed by atoms with van der Waals surface area (Å²) in [5.41, 5.74) is 0.650. The quantitative estimate of drug-likeness (QED) is 0.738. The van der Waals surface area contributed by atoms with Crippen molar-refractivity contribution < 1.29 is 23.8 Å². The molecule has 0 spiro atoms. The smallest absolute Gasteiger partial charge is 0.407 e. The van der Waals surface area contributed by atoms with Crippen molar-refractivity contribution in [1.29, 1.82) is 0 Å². The molecule has 1 aliphatic rings. The standard InChI is InChI=1S/C18H20ClFN4O4/c1-11(2)24-10-13(9-22-24)23-7-6-18(27,16(23)25)28-17(26)21-8-12-4-3-5-14(19)15(12)20/h3-5,9-11,27H,6-8H2,1-2H3,(H,21,26)/t18-/m1/s1. The summed E-state index contributed by atoms with van der Waals surface area (Å²) in [5, 5.41) is 16.9. The summed E-state index contributed by atoms with van der Waals surface area (Å²) < 4.78 is 20.5. The van der Waals surface area contributed by atoms with E-state index in [0.717, 1.165) is 0 Å².